The van der Waals surface area contributed by atoms with Gasteiger partial charge in [-0.1, -0.05) is 12.1 Å². The minimum absolute atomic E-state index is 0.263. The molecule has 5 aromatic rings. The summed E-state index contributed by atoms with van der Waals surface area (Å²) in [5.41, 5.74) is 1.82. The van der Waals surface area contributed by atoms with Crippen LogP contribution in [-0.2, 0) is 0 Å². The predicted molar refractivity (Wildman–Crippen MR) is 129 cm³/mol. The van der Waals surface area contributed by atoms with Gasteiger partial charge in [-0.25, -0.2) is 9.97 Å². The number of hydrogen-bond donors (Lipinski definition) is 1. The standard InChI is InChI=1S/C26H20N4O4/c1-32-22-14-18-20(15-23(22)33-2)27-13-11-21(18)34-25-10-9-16-17(6-5-7-19(16)29-25)26(31)30-24-8-3-4-12-28-24/h3-15H,1-2H3,(H,28,30,31). The first-order valence-corrected chi connectivity index (χ1v) is 10.5. The molecule has 0 saturated heterocycles. The van der Waals surface area contributed by atoms with Crippen LogP contribution in [-0.4, -0.2) is 35.1 Å². The number of ether oxygens (including phenoxy) is 3. The Hall–Kier alpha value is -4.72. The lowest BCUT2D eigenvalue weighted by Gasteiger charge is -2.12. The van der Waals surface area contributed by atoms with E-state index in [1.165, 1.54) is 0 Å². The Balaban J connectivity index is 1.48. The molecule has 0 unspecified atom stereocenters. The molecule has 1 amide bonds. The maximum absolute atomic E-state index is 12.8. The average molecular weight is 452 g/mol. The fraction of sp³-hybridized carbons (Fsp3) is 0.0769. The molecule has 0 aliphatic rings. The predicted octanol–water partition coefficient (Wildman–Crippen LogP) is 5.24. The minimum atomic E-state index is -0.263. The van der Waals surface area contributed by atoms with Crippen LogP contribution < -0.4 is 19.5 Å². The first kappa shape index (κ1) is 21.1. The molecular formula is C26H20N4O4. The van der Waals surface area contributed by atoms with Crippen LogP contribution in [0.2, 0.25) is 0 Å². The zero-order chi connectivity index (χ0) is 23.5. The van der Waals surface area contributed by atoms with Crippen LogP contribution >= 0.6 is 0 Å². The van der Waals surface area contributed by atoms with E-state index in [1.807, 2.05) is 24.3 Å². The summed E-state index contributed by atoms with van der Waals surface area (Å²) < 4.78 is 16.9. The first-order valence-electron chi connectivity index (χ1n) is 10.5. The van der Waals surface area contributed by atoms with Crippen molar-refractivity contribution in [1.29, 1.82) is 0 Å². The van der Waals surface area contributed by atoms with Gasteiger partial charge in [-0.3, -0.25) is 9.78 Å². The van der Waals surface area contributed by atoms with E-state index in [0.717, 1.165) is 5.39 Å². The second kappa shape index (κ2) is 9.03. The lowest BCUT2D eigenvalue weighted by atomic mass is 10.1. The number of carbonyl (C=O) groups is 1. The van der Waals surface area contributed by atoms with Gasteiger partial charge in [0, 0.05) is 40.9 Å². The lowest BCUT2D eigenvalue weighted by Crippen LogP contribution is -2.13. The van der Waals surface area contributed by atoms with E-state index in [9.17, 15) is 4.79 Å². The number of methoxy groups -OCH3 is 2. The van der Waals surface area contributed by atoms with Crippen LogP contribution in [0.25, 0.3) is 21.8 Å². The van der Waals surface area contributed by atoms with Gasteiger partial charge in [-0.15, -0.1) is 0 Å². The van der Waals surface area contributed by atoms with E-state index in [1.54, 1.807) is 69.1 Å². The molecule has 0 bridgehead atoms. The summed E-state index contributed by atoms with van der Waals surface area (Å²) in [6, 6.07) is 19.6. The monoisotopic (exact) mass is 452 g/mol. The number of hydrogen-bond acceptors (Lipinski definition) is 7. The number of aromatic nitrogens is 3. The van der Waals surface area contributed by atoms with Crippen molar-refractivity contribution in [3.05, 3.63) is 84.7 Å². The fourth-order valence-electron chi connectivity index (χ4n) is 3.66. The molecular weight excluding hydrogens is 432 g/mol. The second-order valence-corrected chi connectivity index (χ2v) is 7.33. The number of anilines is 1. The minimum Gasteiger partial charge on any atom is -0.493 e. The summed E-state index contributed by atoms with van der Waals surface area (Å²) >= 11 is 0. The summed E-state index contributed by atoms with van der Waals surface area (Å²) in [6.07, 6.45) is 3.28. The molecule has 168 valence electrons. The van der Waals surface area contributed by atoms with Gasteiger partial charge in [0.1, 0.15) is 11.6 Å². The van der Waals surface area contributed by atoms with Crippen molar-refractivity contribution in [2.75, 3.05) is 19.5 Å². The Morgan fingerprint density at radius 3 is 2.41 bits per heavy atom. The Morgan fingerprint density at radius 2 is 1.62 bits per heavy atom. The molecule has 8 nitrogen and oxygen atoms in total. The number of carbonyl (C=O) groups excluding carboxylic acids is 1. The molecule has 34 heavy (non-hydrogen) atoms. The molecule has 0 radical (unpaired) electrons. The van der Waals surface area contributed by atoms with Gasteiger partial charge in [0.2, 0.25) is 5.88 Å². The van der Waals surface area contributed by atoms with E-state index < -0.39 is 0 Å². The van der Waals surface area contributed by atoms with Gasteiger partial charge in [0.25, 0.3) is 5.91 Å². The van der Waals surface area contributed by atoms with Crippen LogP contribution in [0.15, 0.2) is 79.1 Å². The Morgan fingerprint density at radius 1 is 0.765 bits per heavy atom. The summed E-state index contributed by atoms with van der Waals surface area (Å²) in [4.78, 5) is 26.0. The van der Waals surface area contributed by atoms with Gasteiger partial charge < -0.3 is 19.5 Å². The third kappa shape index (κ3) is 4.04. The van der Waals surface area contributed by atoms with E-state index in [4.69, 9.17) is 14.2 Å². The molecule has 0 aliphatic heterocycles. The largest absolute Gasteiger partial charge is 0.493 e. The number of nitrogens with one attached hydrogen (secondary N) is 1. The highest BCUT2D eigenvalue weighted by Gasteiger charge is 2.14. The van der Waals surface area contributed by atoms with Gasteiger partial charge in [0.05, 0.1) is 25.3 Å². The quantitative estimate of drug-likeness (QED) is 0.376. The SMILES string of the molecule is COc1cc2nccc(Oc3ccc4c(C(=O)Nc5ccccn5)cccc4n3)c2cc1OC. The number of fused-ring (bicyclic) bond motifs is 2. The highest BCUT2D eigenvalue weighted by Crippen LogP contribution is 2.36. The van der Waals surface area contributed by atoms with Crippen molar-refractivity contribution < 1.29 is 19.0 Å². The number of benzene rings is 2. The summed E-state index contributed by atoms with van der Waals surface area (Å²) in [5, 5.41) is 4.27. The van der Waals surface area contributed by atoms with Crippen molar-refractivity contribution in [2.24, 2.45) is 0 Å². The molecule has 3 aromatic heterocycles. The van der Waals surface area contributed by atoms with Crippen LogP contribution in [0.5, 0.6) is 23.1 Å². The fourth-order valence-corrected chi connectivity index (χ4v) is 3.66. The summed E-state index contributed by atoms with van der Waals surface area (Å²) in [7, 11) is 3.15. The number of amides is 1. The van der Waals surface area contributed by atoms with Crippen LogP contribution in [0, 0.1) is 0 Å². The highest BCUT2D eigenvalue weighted by atomic mass is 16.5. The van der Waals surface area contributed by atoms with Gasteiger partial charge >= 0.3 is 0 Å². The van der Waals surface area contributed by atoms with Crippen molar-refractivity contribution in [1.82, 2.24) is 15.0 Å². The van der Waals surface area contributed by atoms with Gasteiger partial charge in [-0.05, 0) is 42.5 Å². The molecule has 0 aliphatic carbocycles. The lowest BCUT2D eigenvalue weighted by molar-refractivity contribution is 0.102. The molecule has 0 atom stereocenters. The van der Waals surface area contributed by atoms with Crippen LogP contribution in [0.4, 0.5) is 5.82 Å². The number of pyridine rings is 3. The van der Waals surface area contributed by atoms with Crippen LogP contribution in [0.1, 0.15) is 10.4 Å². The molecule has 2 aromatic carbocycles. The molecule has 5 rings (SSSR count). The molecule has 1 N–H and O–H groups in total. The topological polar surface area (TPSA) is 95.5 Å². The Labute approximate surface area is 195 Å². The van der Waals surface area contributed by atoms with E-state index in [-0.39, 0.29) is 5.91 Å². The Bertz CT molecular complexity index is 1510. The second-order valence-electron chi connectivity index (χ2n) is 7.33. The highest BCUT2D eigenvalue weighted by molar-refractivity contribution is 6.12. The summed E-state index contributed by atoms with van der Waals surface area (Å²) in [6.45, 7) is 0. The maximum Gasteiger partial charge on any atom is 0.257 e. The smallest absolute Gasteiger partial charge is 0.257 e. The van der Waals surface area contributed by atoms with Crippen molar-refractivity contribution in [3.8, 4) is 23.1 Å². The third-order valence-electron chi connectivity index (χ3n) is 5.28. The van der Waals surface area contributed by atoms with E-state index in [2.05, 4.69) is 20.3 Å². The Kier molecular flexibility index (Phi) is 5.61. The number of nitrogens with zero attached hydrogens (tertiary/aromatic N) is 3. The molecule has 0 spiro atoms. The van der Waals surface area contributed by atoms with Crippen molar-refractivity contribution in [2.45, 2.75) is 0 Å². The molecule has 0 saturated carbocycles. The van der Waals surface area contributed by atoms with Crippen molar-refractivity contribution >= 4 is 33.5 Å². The first-order chi connectivity index (χ1) is 16.7. The van der Waals surface area contributed by atoms with Crippen LogP contribution in [0.3, 0.4) is 0 Å². The molecule has 0 fully saturated rings. The average Bonchev–Trinajstić information content (AvgIpc) is 2.88. The van der Waals surface area contributed by atoms with E-state index >= 15 is 0 Å². The zero-order valence-electron chi connectivity index (χ0n) is 18.5. The van der Waals surface area contributed by atoms with Gasteiger partial charge in [-0.2, -0.15) is 0 Å². The van der Waals surface area contributed by atoms with Gasteiger partial charge in [0.15, 0.2) is 11.5 Å². The third-order valence-corrected chi connectivity index (χ3v) is 5.28. The normalized spacial score (nSPS) is 10.8. The summed E-state index contributed by atoms with van der Waals surface area (Å²) in [5.74, 6) is 2.33. The number of rotatable bonds is 6. The van der Waals surface area contributed by atoms with E-state index in [0.29, 0.717) is 50.9 Å². The molecule has 8 heteroatoms. The maximum atomic E-state index is 12.8. The zero-order valence-corrected chi connectivity index (χ0v) is 18.5. The molecule has 3 heterocycles. The van der Waals surface area contributed by atoms with Crippen molar-refractivity contribution in [3.63, 3.8) is 0 Å².